The van der Waals surface area contributed by atoms with Crippen LogP contribution in [0.4, 0.5) is 0 Å². The molecule has 0 aromatic heterocycles. The Labute approximate surface area is 39.0 Å². The fourth-order valence-electron chi connectivity index (χ4n) is 0. The van der Waals surface area contributed by atoms with Gasteiger partial charge in [-0.1, -0.05) is 0 Å². The Balaban J connectivity index is 3.02. The van der Waals surface area contributed by atoms with Crippen molar-refractivity contribution in [3.05, 3.63) is 0 Å². The Bertz CT molecular complexity index is 52.2. The van der Waals surface area contributed by atoms with Crippen LogP contribution in [0.1, 0.15) is 0 Å². The fraction of sp³-hybridized carbons (Fsp3) is 0. The summed E-state index contributed by atoms with van der Waals surface area (Å²) in [4.78, 5) is 0. The maximum Gasteiger partial charge on any atom is 0.0294 e. The van der Waals surface area contributed by atoms with E-state index in [0.29, 0.717) is 0 Å². The summed E-state index contributed by atoms with van der Waals surface area (Å²) in [6.07, 6.45) is 0. The van der Waals surface area contributed by atoms with E-state index in [1.807, 2.05) is 0 Å². The lowest BCUT2D eigenvalue weighted by Crippen LogP contribution is -1.62. The zero-order valence-electron chi connectivity index (χ0n) is 1.85. The molecule has 0 spiro atoms. The van der Waals surface area contributed by atoms with Gasteiger partial charge in [0.25, 0.3) is 0 Å². The molecule has 4 heavy (non-hydrogen) atoms. The Hall–Kier alpha value is 0.750. The first-order valence-electron chi connectivity index (χ1n) is 0.627. The van der Waals surface area contributed by atoms with E-state index in [1.165, 1.54) is 0 Å². The third-order valence-electron chi connectivity index (χ3n) is 0. The van der Waals surface area contributed by atoms with Crippen LogP contribution in [0.25, 0.3) is 0 Å². The molecule has 0 fully saturated rings. The Morgan fingerprint density at radius 1 is 2.00 bits per heavy atom. The maximum absolute atomic E-state index is 7.88. The van der Waals surface area contributed by atoms with Crippen LogP contribution in [-0.4, -0.2) is 0 Å². The summed E-state index contributed by atoms with van der Waals surface area (Å²) in [5.74, 6) is 0. The highest BCUT2D eigenvalue weighted by molar-refractivity contribution is 14.2. The van der Waals surface area contributed by atoms with Crippen LogP contribution in [0, 0.1) is 4.61 Å². The van der Waals surface area contributed by atoms with E-state index in [1.54, 1.807) is 21.2 Å². The van der Waals surface area contributed by atoms with Crippen LogP contribution < -0.4 is 5.14 Å². The molecule has 1 unspecified atom stereocenters. The number of halogens is 1. The molecule has 0 amide bonds. The highest BCUT2D eigenvalue weighted by Crippen LogP contribution is 2.02. The molecule has 0 aliphatic rings. The number of rotatable bonds is 0. The SMILES string of the molecule is N#[SH](N)I. The van der Waals surface area contributed by atoms with Crippen LogP contribution in [0.5, 0.6) is 0 Å². The lowest BCUT2D eigenvalue weighted by Gasteiger charge is -1.59. The van der Waals surface area contributed by atoms with Gasteiger partial charge in [-0.25, -0.2) is 4.61 Å². The van der Waals surface area contributed by atoms with Crippen LogP contribution in [-0.2, 0) is 0 Å². The van der Waals surface area contributed by atoms with Crippen molar-refractivity contribution < 1.29 is 0 Å². The molecule has 0 saturated carbocycles. The quantitative estimate of drug-likeness (QED) is 0.436. The number of thiol groups is 1. The third kappa shape index (κ3) is 15.0. The molecular formula is H3IN2S. The zero-order chi connectivity index (χ0) is 3.58. The molecule has 4 heteroatoms. The summed E-state index contributed by atoms with van der Waals surface area (Å²) in [6, 6.07) is 0. The molecule has 1 atom stereocenters. The molecule has 0 bridgehead atoms. The van der Waals surface area contributed by atoms with E-state index in [9.17, 15) is 0 Å². The van der Waals surface area contributed by atoms with Gasteiger partial charge in [0, 0.05) is 29.1 Å². The molecule has 2 N–H and O–H groups in total. The number of hydrogen-bond donors (Lipinski definition) is 2. The molecule has 0 aliphatic carbocycles. The molecular weight excluding hydrogens is 187 g/mol. The molecule has 0 heterocycles. The highest BCUT2D eigenvalue weighted by Gasteiger charge is 1.49. The molecule has 0 rings (SSSR count). The minimum atomic E-state index is -1.15. The average molecular weight is 190 g/mol. The second kappa shape index (κ2) is 2.02. The predicted octanol–water partition coefficient (Wildman–Crippen LogP) is 0.691. The summed E-state index contributed by atoms with van der Waals surface area (Å²) in [5, 5.41) is 4.72. The van der Waals surface area contributed by atoms with Gasteiger partial charge >= 0.3 is 0 Å². The van der Waals surface area contributed by atoms with E-state index in [-0.39, 0.29) is 0 Å². The van der Waals surface area contributed by atoms with Crippen molar-refractivity contribution in [2.75, 3.05) is 0 Å². The van der Waals surface area contributed by atoms with Crippen molar-refractivity contribution in [1.29, 1.82) is 4.61 Å². The third-order valence-corrected chi connectivity index (χ3v) is 0. The van der Waals surface area contributed by atoms with Gasteiger partial charge in [-0.2, -0.15) is 0 Å². The monoisotopic (exact) mass is 190 g/mol. The minimum Gasteiger partial charge on any atom is -0.261 e. The highest BCUT2D eigenvalue weighted by atomic mass is 127. The van der Waals surface area contributed by atoms with Gasteiger partial charge in [-0.05, 0) is 0 Å². The van der Waals surface area contributed by atoms with Gasteiger partial charge in [0.1, 0.15) is 0 Å². The topological polar surface area (TPSA) is 49.8 Å². The number of nitrogens with zero attached hydrogens (tertiary/aromatic N) is 1. The fourth-order valence-corrected chi connectivity index (χ4v) is 0. The van der Waals surface area contributed by atoms with Gasteiger partial charge in [-0.15, -0.1) is 0 Å². The van der Waals surface area contributed by atoms with E-state index in [0.717, 1.165) is 0 Å². The second-order valence-corrected chi connectivity index (χ2v) is 3.83. The van der Waals surface area contributed by atoms with Crippen LogP contribution in [0.2, 0.25) is 0 Å². The summed E-state index contributed by atoms with van der Waals surface area (Å²) in [5.41, 5.74) is 0. The summed E-state index contributed by atoms with van der Waals surface area (Å²) < 4.78 is 7.88. The zero-order valence-corrected chi connectivity index (χ0v) is 4.90. The molecule has 0 radical (unpaired) electrons. The average Bonchev–Trinajstić information content (AvgIpc) is 0.811. The lowest BCUT2D eigenvalue weighted by molar-refractivity contribution is 1.65. The van der Waals surface area contributed by atoms with Gasteiger partial charge < -0.3 is 0 Å². The van der Waals surface area contributed by atoms with Crippen molar-refractivity contribution in [2.45, 2.75) is 0 Å². The van der Waals surface area contributed by atoms with Gasteiger partial charge in [-0.3, -0.25) is 5.14 Å². The van der Waals surface area contributed by atoms with E-state index in [4.69, 9.17) is 9.75 Å². The second-order valence-electron chi connectivity index (χ2n) is 0.289. The lowest BCUT2D eigenvalue weighted by atomic mass is 13.9. The van der Waals surface area contributed by atoms with Crippen molar-refractivity contribution in [3.8, 4) is 0 Å². The summed E-state index contributed by atoms with van der Waals surface area (Å²) >= 11 is 1.74. The van der Waals surface area contributed by atoms with Gasteiger partial charge in [0.2, 0.25) is 0 Å². The molecule has 26 valence electrons. The smallest absolute Gasteiger partial charge is 0.0294 e. The largest absolute Gasteiger partial charge is 0.261 e. The molecule has 0 aliphatic heterocycles. The standard InChI is InChI=1S/H3IN2S/c1-4(2)3/h4H,2H2. The Kier molecular flexibility index (Phi) is 2.39. The minimum absolute atomic E-state index is 1.15. The van der Waals surface area contributed by atoms with Crippen molar-refractivity contribution in [3.63, 3.8) is 0 Å². The first-order chi connectivity index (χ1) is 1.73. The summed E-state index contributed by atoms with van der Waals surface area (Å²) in [7, 11) is -1.15. The van der Waals surface area contributed by atoms with Gasteiger partial charge in [0.15, 0.2) is 0 Å². The van der Waals surface area contributed by atoms with Crippen molar-refractivity contribution in [1.82, 2.24) is 0 Å². The Morgan fingerprint density at radius 2 is 2.00 bits per heavy atom. The maximum atomic E-state index is 7.88. The number of nitrogens with two attached hydrogens (primary N) is 1. The Morgan fingerprint density at radius 3 is 2.00 bits per heavy atom. The molecule has 2 nitrogen and oxygen atoms in total. The molecule has 0 saturated heterocycles. The van der Waals surface area contributed by atoms with E-state index in [2.05, 4.69) is 0 Å². The van der Waals surface area contributed by atoms with Gasteiger partial charge in [0.05, 0.1) is 0 Å². The predicted molar refractivity (Wildman–Crippen MR) is 28.9 cm³/mol. The molecule has 0 aromatic rings. The van der Waals surface area contributed by atoms with Crippen LogP contribution >= 0.6 is 29.1 Å². The van der Waals surface area contributed by atoms with Crippen molar-refractivity contribution >= 4 is 29.1 Å². The summed E-state index contributed by atoms with van der Waals surface area (Å²) in [6.45, 7) is 0. The van der Waals surface area contributed by atoms with E-state index >= 15 is 0 Å². The molecule has 0 aromatic carbocycles. The van der Waals surface area contributed by atoms with Crippen LogP contribution in [0.3, 0.4) is 0 Å². The van der Waals surface area contributed by atoms with E-state index < -0.39 is 7.88 Å². The van der Waals surface area contributed by atoms with Crippen molar-refractivity contribution in [2.24, 2.45) is 5.14 Å². The van der Waals surface area contributed by atoms with Crippen LogP contribution in [0.15, 0.2) is 0 Å². The number of hydrogen-bond acceptors (Lipinski definition) is 2. The normalized spacial score (nSPS) is 15.2. The first-order valence-corrected chi connectivity index (χ1v) is 4.78. The first kappa shape index (κ1) is 4.75.